The summed E-state index contributed by atoms with van der Waals surface area (Å²) in [6, 6.07) is 5.92. The van der Waals surface area contributed by atoms with Crippen LogP contribution in [0.4, 0.5) is 4.79 Å². The molecule has 6 nitrogen and oxygen atoms in total. The van der Waals surface area contributed by atoms with Crippen molar-refractivity contribution in [1.29, 1.82) is 0 Å². The van der Waals surface area contributed by atoms with Gasteiger partial charge in [-0.15, -0.1) is 0 Å². The lowest BCUT2D eigenvalue weighted by Crippen LogP contribution is -2.62. The van der Waals surface area contributed by atoms with Crippen molar-refractivity contribution >= 4 is 23.6 Å². The number of carbonyl (C=O) groups excluding carboxylic acids is 2. The van der Waals surface area contributed by atoms with E-state index in [1.54, 1.807) is 0 Å². The van der Waals surface area contributed by atoms with Crippen LogP contribution in [-0.4, -0.2) is 48.2 Å². The number of ether oxygens (including phenoxy) is 2. The molecule has 0 aromatic heterocycles. The highest BCUT2D eigenvalue weighted by Gasteiger charge is 2.54. The van der Waals surface area contributed by atoms with Crippen LogP contribution >= 0.6 is 11.6 Å². The number of hydrogen-bond acceptors (Lipinski definition) is 4. The number of aryl methyl sites for hydroxylation is 1. The normalized spacial score (nSPS) is 28.3. The minimum absolute atomic E-state index is 0.0190. The van der Waals surface area contributed by atoms with Gasteiger partial charge < -0.3 is 19.7 Å². The zero-order valence-corrected chi connectivity index (χ0v) is 14.8. The standard InChI is InChI=1S/C18H21ClN2O4/c1-11-2-3-12(15(19)4-11)9-24-14-7-21(8-14)16(22)13-5-18(6-13)10-25-17(23)20-18/h2-4,13-14H,5-10H2,1H3,(H,20,23). The van der Waals surface area contributed by atoms with Gasteiger partial charge in [0.1, 0.15) is 6.61 Å². The topological polar surface area (TPSA) is 67.9 Å². The van der Waals surface area contributed by atoms with Crippen LogP contribution in [0, 0.1) is 12.8 Å². The van der Waals surface area contributed by atoms with Gasteiger partial charge in [0.2, 0.25) is 5.91 Å². The van der Waals surface area contributed by atoms with Crippen molar-refractivity contribution in [2.24, 2.45) is 5.92 Å². The molecule has 2 aliphatic heterocycles. The van der Waals surface area contributed by atoms with Crippen molar-refractivity contribution in [2.45, 2.75) is 38.0 Å². The van der Waals surface area contributed by atoms with Crippen LogP contribution in [0.2, 0.25) is 5.02 Å². The highest BCUT2D eigenvalue weighted by atomic mass is 35.5. The summed E-state index contributed by atoms with van der Waals surface area (Å²) in [4.78, 5) is 25.4. The second-order valence-corrected chi connectivity index (χ2v) is 7.76. The Hall–Kier alpha value is -1.79. The predicted molar refractivity (Wildman–Crippen MR) is 91.3 cm³/mol. The van der Waals surface area contributed by atoms with E-state index in [9.17, 15) is 9.59 Å². The molecule has 134 valence electrons. The molecular formula is C18H21ClN2O4. The molecular weight excluding hydrogens is 344 g/mol. The summed E-state index contributed by atoms with van der Waals surface area (Å²) in [7, 11) is 0. The first-order valence-electron chi connectivity index (χ1n) is 8.54. The van der Waals surface area contributed by atoms with E-state index >= 15 is 0 Å². The zero-order valence-electron chi connectivity index (χ0n) is 14.1. The van der Waals surface area contributed by atoms with Crippen LogP contribution in [0.3, 0.4) is 0 Å². The maximum atomic E-state index is 12.4. The van der Waals surface area contributed by atoms with Gasteiger partial charge in [-0.3, -0.25) is 4.79 Å². The Morgan fingerprint density at radius 3 is 2.84 bits per heavy atom. The summed E-state index contributed by atoms with van der Waals surface area (Å²) >= 11 is 6.21. The fraction of sp³-hybridized carbons (Fsp3) is 0.556. The molecule has 2 heterocycles. The Morgan fingerprint density at radius 2 is 2.20 bits per heavy atom. The summed E-state index contributed by atoms with van der Waals surface area (Å²) < 4.78 is 10.8. The van der Waals surface area contributed by atoms with Gasteiger partial charge in [0.05, 0.1) is 18.2 Å². The monoisotopic (exact) mass is 364 g/mol. The van der Waals surface area contributed by atoms with Crippen LogP contribution in [-0.2, 0) is 20.9 Å². The van der Waals surface area contributed by atoms with Crippen LogP contribution in [0.1, 0.15) is 24.0 Å². The smallest absolute Gasteiger partial charge is 0.407 e. The number of cyclic esters (lactones) is 1. The van der Waals surface area contributed by atoms with Crippen LogP contribution in [0.25, 0.3) is 0 Å². The number of nitrogens with zero attached hydrogens (tertiary/aromatic N) is 1. The largest absolute Gasteiger partial charge is 0.447 e. The van der Waals surface area contributed by atoms with Gasteiger partial charge in [-0.2, -0.15) is 0 Å². The number of amides is 2. The zero-order chi connectivity index (χ0) is 17.6. The summed E-state index contributed by atoms with van der Waals surface area (Å²) in [5, 5.41) is 3.53. The number of halogens is 1. The minimum atomic E-state index is -0.377. The van der Waals surface area contributed by atoms with Crippen LogP contribution in [0.15, 0.2) is 18.2 Å². The van der Waals surface area contributed by atoms with Crippen molar-refractivity contribution in [3.05, 3.63) is 34.3 Å². The van der Waals surface area contributed by atoms with Gasteiger partial charge in [0.25, 0.3) is 0 Å². The lowest BCUT2D eigenvalue weighted by Gasteiger charge is -2.47. The molecule has 0 unspecified atom stereocenters. The SMILES string of the molecule is Cc1ccc(COC2CN(C(=O)C3CC4(COC(=O)N4)C3)C2)c(Cl)c1. The van der Waals surface area contributed by atoms with E-state index in [2.05, 4.69) is 5.32 Å². The Morgan fingerprint density at radius 1 is 1.44 bits per heavy atom. The molecule has 0 atom stereocenters. The van der Waals surface area contributed by atoms with Crippen molar-refractivity contribution in [2.75, 3.05) is 19.7 Å². The lowest BCUT2D eigenvalue weighted by molar-refractivity contribution is -0.155. The molecule has 1 saturated carbocycles. The molecule has 3 fully saturated rings. The third-order valence-electron chi connectivity index (χ3n) is 5.31. The van der Waals surface area contributed by atoms with E-state index in [1.165, 1.54) is 0 Å². The van der Waals surface area contributed by atoms with E-state index in [4.69, 9.17) is 21.1 Å². The Kier molecular flexibility index (Phi) is 4.12. The first kappa shape index (κ1) is 16.7. The quantitative estimate of drug-likeness (QED) is 0.889. The Balaban J connectivity index is 1.20. The van der Waals surface area contributed by atoms with Crippen LogP contribution in [0.5, 0.6) is 0 Å². The molecule has 1 spiro atoms. The average molecular weight is 365 g/mol. The maximum Gasteiger partial charge on any atom is 0.407 e. The molecule has 2 amide bonds. The summed E-state index contributed by atoms with van der Waals surface area (Å²) in [5.74, 6) is 0.134. The second-order valence-electron chi connectivity index (χ2n) is 7.36. The molecule has 0 bridgehead atoms. The molecule has 1 aliphatic carbocycles. The Bertz CT molecular complexity index is 711. The molecule has 1 aromatic carbocycles. The molecule has 7 heteroatoms. The van der Waals surface area contributed by atoms with Crippen molar-refractivity contribution in [1.82, 2.24) is 10.2 Å². The van der Waals surface area contributed by atoms with E-state index in [1.807, 2.05) is 30.0 Å². The number of nitrogens with one attached hydrogen (secondary N) is 1. The highest BCUT2D eigenvalue weighted by Crippen LogP contribution is 2.42. The van der Waals surface area contributed by atoms with Gasteiger partial charge in [-0.05, 0) is 37.0 Å². The Labute approximate surface area is 151 Å². The lowest BCUT2D eigenvalue weighted by atomic mass is 9.68. The van der Waals surface area contributed by atoms with Gasteiger partial charge in [-0.25, -0.2) is 4.79 Å². The molecule has 1 N–H and O–H groups in total. The summed E-state index contributed by atoms with van der Waals surface area (Å²) in [6.07, 6.45) is 1.01. The fourth-order valence-corrected chi connectivity index (χ4v) is 4.02. The van der Waals surface area contributed by atoms with E-state index in [0.717, 1.165) is 11.1 Å². The van der Waals surface area contributed by atoms with E-state index in [0.29, 0.717) is 44.2 Å². The number of rotatable bonds is 4. The number of likely N-dealkylation sites (tertiary alicyclic amines) is 1. The maximum absolute atomic E-state index is 12.4. The number of carbonyl (C=O) groups is 2. The first-order valence-corrected chi connectivity index (χ1v) is 8.92. The van der Waals surface area contributed by atoms with E-state index in [-0.39, 0.29) is 29.6 Å². The minimum Gasteiger partial charge on any atom is -0.447 e. The molecule has 3 aliphatic rings. The van der Waals surface area contributed by atoms with Crippen molar-refractivity contribution in [3.63, 3.8) is 0 Å². The van der Waals surface area contributed by atoms with Crippen LogP contribution < -0.4 is 5.32 Å². The average Bonchev–Trinajstić information content (AvgIpc) is 2.88. The van der Waals surface area contributed by atoms with E-state index < -0.39 is 0 Å². The number of alkyl carbamates (subject to hydrolysis) is 1. The molecule has 1 aromatic rings. The predicted octanol–water partition coefficient (Wildman–Crippen LogP) is 2.26. The molecule has 2 saturated heterocycles. The molecule has 25 heavy (non-hydrogen) atoms. The molecule has 4 rings (SSSR count). The summed E-state index contributed by atoms with van der Waals surface area (Å²) in [6.45, 7) is 4.07. The highest BCUT2D eigenvalue weighted by molar-refractivity contribution is 6.31. The van der Waals surface area contributed by atoms with Gasteiger partial charge in [0, 0.05) is 24.0 Å². The molecule has 0 radical (unpaired) electrons. The second kappa shape index (κ2) is 6.18. The van der Waals surface area contributed by atoms with Gasteiger partial charge in [0.15, 0.2) is 0 Å². The van der Waals surface area contributed by atoms with Crippen molar-refractivity contribution < 1.29 is 19.1 Å². The van der Waals surface area contributed by atoms with Gasteiger partial charge in [-0.1, -0.05) is 23.7 Å². The first-order chi connectivity index (χ1) is 11.9. The third kappa shape index (κ3) is 3.20. The fourth-order valence-electron chi connectivity index (χ4n) is 3.73. The number of hydrogen-bond donors (Lipinski definition) is 1. The number of benzene rings is 1. The summed E-state index contributed by atoms with van der Waals surface area (Å²) in [5.41, 5.74) is 1.78. The third-order valence-corrected chi connectivity index (χ3v) is 5.66. The van der Waals surface area contributed by atoms with Gasteiger partial charge >= 0.3 is 6.09 Å². The van der Waals surface area contributed by atoms with Crippen molar-refractivity contribution in [3.8, 4) is 0 Å².